The summed E-state index contributed by atoms with van der Waals surface area (Å²) in [5.41, 5.74) is 0. The average Bonchev–Trinajstić information content (AvgIpc) is 3.33. The summed E-state index contributed by atoms with van der Waals surface area (Å²) in [5.74, 6) is 1.32. The zero-order chi connectivity index (χ0) is 26.4. The van der Waals surface area contributed by atoms with E-state index in [0.29, 0.717) is 6.73 Å². The molecule has 2 heterocycles. The van der Waals surface area contributed by atoms with Crippen LogP contribution in [0.5, 0.6) is 0 Å². The molecule has 1 saturated carbocycles. The van der Waals surface area contributed by atoms with Crippen LogP contribution < -0.4 is 4.72 Å². The van der Waals surface area contributed by atoms with E-state index in [1.54, 1.807) is 0 Å². The lowest BCUT2D eigenvalue weighted by atomic mass is 10.00. The molecule has 2 atom stereocenters. The molecule has 2 fully saturated rings. The Hall–Kier alpha value is -0.103. The van der Waals surface area contributed by atoms with Crippen molar-refractivity contribution >= 4 is 35.0 Å². The van der Waals surface area contributed by atoms with E-state index in [2.05, 4.69) is 44.9 Å². The van der Waals surface area contributed by atoms with Crippen LogP contribution in [0, 0.1) is 5.92 Å². The number of unbranched alkanes of at least 4 members (excludes halogenated alkanes) is 2. The summed E-state index contributed by atoms with van der Waals surface area (Å²) in [6.45, 7) is 15.7. The minimum absolute atomic E-state index is 0.114. The maximum Gasteiger partial charge on any atom is 0.168 e. The predicted octanol–water partition coefficient (Wildman–Crippen LogP) is 6.54. The van der Waals surface area contributed by atoms with Crippen LogP contribution in [-0.2, 0) is 31.9 Å². The summed E-state index contributed by atoms with van der Waals surface area (Å²) in [6, 6.07) is 1.01. The fourth-order valence-corrected chi connectivity index (χ4v) is 6.38. The van der Waals surface area contributed by atoms with Gasteiger partial charge in [-0.25, -0.2) is 13.9 Å². The summed E-state index contributed by atoms with van der Waals surface area (Å²) in [7, 11) is -2.35. The van der Waals surface area contributed by atoms with Crippen LogP contribution in [0.2, 0.25) is 25.7 Å². The molecule has 1 aliphatic heterocycles. The van der Waals surface area contributed by atoms with Crippen LogP contribution in [0.1, 0.15) is 84.0 Å². The Balaban J connectivity index is 1.58. The Morgan fingerprint density at radius 3 is 2.56 bits per heavy atom. The summed E-state index contributed by atoms with van der Waals surface area (Å²) in [5, 5.41) is 0. The van der Waals surface area contributed by atoms with Gasteiger partial charge in [0.25, 0.3) is 0 Å². The molecule has 10 heteroatoms. The van der Waals surface area contributed by atoms with Crippen LogP contribution in [0.15, 0.2) is 10.8 Å². The largest absolute Gasteiger partial charge is 0.361 e. The van der Waals surface area contributed by atoms with E-state index in [1.165, 1.54) is 12.8 Å². The van der Waals surface area contributed by atoms with E-state index in [-0.39, 0.29) is 16.6 Å². The van der Waals surface area contributed by atoms with Crippen molar-refractivity contribution in [3.8, 4) is 0 Å². The van der Waals surface area contributed by atoms with E-state index < -0.39 is 19.1 Å². The Morgan fingerprint density at radius 2 is 1.94 bits per heavy atom. The van der Waals surface area contributed by atoms with Crippen LogP contribution >= 0.6 is 15.9 Å². The Morgan fingerprint density at radius 1 is 1.25 bits per heavy atom. The molecule has 0 unspecified atom stereocenters. The number of hydrogen-bond acceptors (Lipinski definition) is 5. The van der Waals surface area contributed by atoms with Crippen molar-refractivity contribution in [1.29, 1.82) is 0 Å². The summed E-state index contributed by atoms with van der Waals surface area (Å²) < 4.78 is 37.2. The van der Waals surface area contributed by atoms with Gasteiger partial charge in [-0.05, 0) is 74.3 Å². The molecule has 1 aromatic rings. The molecule has 0 bridgehead atoms. The summed E-state index contributed by atoms with van der Waals surface area (Å²) in [4.78, 5) is 4.70. The van der Waals surface area contributed by atoms with E-state index in [0.717, 1.165) is 80.7 Å². The molecule has 1 aromatic heterocycles. The molecular formula is C26H48BrN3O4SSi. The van der Waals surface area contributed by atoms with Crippen molar-refractivity contribution in [3.05, 3.63) is 16.6 Å². The zero-order valence-corrected chi connectivity index (χ0v) is 26.6. The maximum absolute atomic E-state index is 13.0. The highest BCUT2D eigenvalue weighted by Crippen LogP contribution is 2.42. The molecule has 7 nitrogen and oxygen atoms in total. The van der Waals surface area contributed by atoms with Gasteiger partial charge in [-0.1, -0.05) is 32.5 Å². The van der Waals surface area contributed by atoms with Crippen molar-refractivity contribution in [2.75, 3.05) is 19.8 Å². The standard InChI is InChI=1S/C26H48BrN3O4SSi/c1-25(2,3)35(31)29-22(24-28-19-23(27)30(24)20-32-16-17-36(4,5)6)10-8-7-9-13-26(18-21-11-12-21)33-14-15-34-26/h19,21-22,29H,7-18,20H2,1-6H3/t22-,35+/m0/s1. The van der Waals surface area contributed by atoms with E-state index >= 15 is 0 Å². The van der Waals surface area contributed by atoms with E-state index in [1.807, 2.05) is 27.0 Å². The number of imidazole rings is 1. The lowest BCUT2D eigenvalue weighted by Crippen LogP contribution is -2.37. The van der Waals surface area contributed by atoms with Gasteiger partial charge in [0, 0.05) is 27.5 Å². The van der Waals surface area contributed by atoms with E-state index in [4.69, 9.17) is 19.2 Å². The third-order valence-electron chi connectivity index (χ3n) is 6.83. The molecule has 0 amide bonds. The molecule has 208 valence electrons. The smallest absolute Gasteiger partial charge is 0.168 e. The first kappa shape index (κ1) is 30.4. The first-order valence-electron chi connectivity index (χ1n) is 13.6. The minimum atomic E-state index is -1.20. The Kier molecular flexibility index (Phi) is 11.2. The van der Waals surface area contributed by atoms with Gasteiger partial charge in [0.15, 0.2) is 5.79 Å². The molecule has 0 spiro atoms. The average molecular weight is 607 g/mol. The third-order valence-corrected chi connectivity index (χ3v) is 10.8. The fraction of sp³-hybridized carbons (Fsp3) is 0.885. The summed E-state index contributed by atoms with van der Waals surface area (Å²) in [6.07, 6.45) is 10.5. The Labute approximate surface area is 230 Å². The number of nitrogens with zero attached hydrogens (tertiary/aromatic N) is 2. The van der Waals surface area contributed by atoms with E-state index in [9.17, 15) is 4.21 Å². The van der Waals surface area contributed by atoms with Gasteiger partial charge in [-0.2, -0.15) is 0 Å². The second-order valence-electron chi connectivity index (χ2n) is 12.6. The van der Waals surface area contributed by atoms with Crippen LogP contribution in [0.4, 0.5) is 0 Å². The van der Waals surface area contributed by atoms with Gasteiger partial charge in [-0.15, -0.1) is 0 Å². The molecule has 1 aliphatic carbocycles. The number of aromatic nitrogens is 2. The van der Waals surface area contributed by atoms with Crippen LogP contribution in [0.25, 0.3) is 0 Å². The quantitative estimate of drug-likeness (QED) is 0.171. The van der Waals surface area contributed by atoms with Gasteiger partial charge < -0.3 is 14.2 Å². The number of ether oxygens (including phenoxy) is 3. The highest BCUT2D eigenvalue weighted by atomic mass is 79.9. The van der Waals surface area contributed by atoms with Crippen molar-refractivity contribution in [3.63, 3.8) is 0 Å². The Bertz CT molecular complexity index is 845. The molecule has 36 heavy (non-hydrogen) atoms. The zero-order valence-electron chi connectivity index (χ0n) is 23.2. The van der Waals surface area contributed by atoms with Gasteiger partial charge in [0.05, 0.1) is 41.2 Å². The number of halogens is 1. The molecular weight excluding hydrogens is 558 g/mol. The molecule has 2 aliphatic rings. The lowest BCUT2D eigenvalue weighted by molar-refractivity contribution is -0.170. The fourth-order valence-electron chi connectivity index (χ4n) is 4.40. The monoisotopic (exact) mass is 605 g/mol. The van der Waals surface area contributed by atoms with Crippen molar-refractivity contribution in [1.82, 2.24) is 14.3 Å². The number of nitrogens with one attached hydrogen (secondary N) is 1. The molecule has 1 saturated heterocycles. The summed E-state index contributed by atoms with van der Waals surface area (Å²) >= 11 is 3.64. The molecule has 3 rings (SSSR count). The second-order valence-corrected chi connectivity index (χ2v) is 21.1. The van der Waals surface area contributed by atoms with Crippen molar-refractivity contribution in [2.45, 2.75) is 121 Å². The van der Waals surface area contributed by atoms with Gasteiger partial charge in [-0.3, -0.25) is 4.57 Å². The first-order chi connectivity index (χ1) is 16.9. The van der Waals surface area contributed by atoms with Crippen LogP contribution in [0.3, 0.4) is 0 Å². The van der Waals surface area contributed by atoms with Gasteiger partial charge in [0.1, 0.15) is 17.2 Å². The highest BCUT2D eigenvalue weighted by Gasteiger charge is 2.41. The number of rotatable bonds is 16. The highest BCUT2D eigenvalue weighted by molar-refractivity contribution is 9.10. The first-order valence-corrected chi connectivity index (χ1v) is 19.3. The van der Waals surface area contributed by atoms with Crippen molar-refractivity contribution < 1.29 is 18.4 Å². The normalized spacial score (nSPS) is 20.1. The molecule has 0 radical (unpaired) electrons. The van der Waals surface area contributed by atoms with Crippen molar-refractivity contribution in [2.24, 2.45) is 5.92 Å². The third kappa shape index (κ3) is 9.89. The second kappa shape index (κ2) is 13.3. The van der Waals surface area contributed by atoms with Gasteiger partial charge >= 0.3 is 0 Å². The number of hydrogen-bond donors (Lipinski definition) is 1. The molecule has 0 aromatic carbocycles. The minimum Gasteiger partial charge on any atom is -0.361 e. The molecule has 1 N–H and O–H groups in total. The SMILES string of the molecule is CC(C)(C)[S@@](=O)N[C@@H](CCCCCC1(CC2CC2)OCCO1)c1ncc(Br)n1COCC[Si](C)(C)C. The van der Waals surface area contributed by atoms with Gasteiger partial charge in [0.2, 0.25) is 0 Å². The lowest BCUT2D eigenvalue weighted by Gasteiger charge is -2.28. The predicted molar refractivity (Wildman–Crippen MR) is 153 cm³/mol. The van der Waals surface area contributed by atoms with Crippen LogP contribution in [-0.4, -0.2) is 52.2 Å². The maximum atomic E-state index is 13.0. The topological polar surface area (TPSA) is 74.6 Å².